The predicted molar refractivity (Wildman–Crippen MR) is 112 cm³/mol. The first-order valence-electron chi connectivity index (χ1n) is 9.60. The van der Waals surface area contributed by atoms with Gasteiger partial charge in [0.1, 0.15) is 17.4 Å². The van der Waals surface area contributed by atoms with E-state index in [1.54, 1.807) is 42.2 Å². The number of ether oxygens (including phenoxy) is 1. The van der Waals surface area contributed by atoms with Crippen molar-refractivity contribution in [3.05, 3.63) is 88.5 Å². The number of aliphatic hydroxyl groups excluding tert-OH is 1. The van der Waals surface area contributed by atoms with Gasteiger partial charge in [0, 0.05) is 23.5 Å². The Kier molecular flexibility index (Phi) is 5.18. The highest BCUT2D eigenvalue weighted by atomic mass is 16.5. The largest absolute Gasteiger partial charge is 0.496 e. The summed E-state index contributed by atoms with van der Waals surface area (Å²) in [5.74, 6) is 0.594. The first kappa shape index (κ1) is 19.0. The van der Waals surface area contributed by atoms with Gasteiger partial charge in [0.05, 0.1) is 19.3 Å². The summed E-state index contributed by atoms with van der Waals surface area (Å²) in [6.45, 7) is 2.24. The number of methoxy groups -OCH3 is 1. The number of aliphatic hydroxyl groups is 1. The zero-order valence-corrected chi connectivity index (χ0v) is 16.4. The number of hydrogen-bond donors (Lipinski definition) is 1. The van der Waals surface area contributed by atoms with Gasteiger partial charge in [-0.25, -0.2) is 4.52 Å². The first-order valence-corrected chi connectivity index (χ1v) is 9.60. The highest BCUT2D eigenvalue weighted by Gasteiger charge is 2.16. The molecule has 148 valence electrons. The topological polar surface area (TPSA) is 68.8 Å². The van der Waals surface area contributed by atoms with Crippen molar-refractivity contribution in [2.45, 2.75) is 26.0 Å². The van der Waals surface area contributed by atoms with Gasteiger partial charge >= 0.3 is 0 Å². The molecule has 0 amide bonds. The standard InChI is InChI=1S/C23H23N3O3/c1-3-16-8-10-17(11-9-16)19-14-20-23(28)25(12-13-26(20)24-19)15-21(27)18-6-4-5-7-22(18)29-2/h4-14,21,27H,3,15H2,1-2H3/t21-/m1/s1. The van der Waals surface area contributed by atoms with Gasteiger partial charge in [-0.1, -0.05) is 49.4 Å². The highest BCUT2D eigenvalue weighted by molar-refractivity contribution is 5.65. The van der Waals surface area contributed by atoms with Crippen LogP contribution in [0.15, 0.2) is 71.8 Å². The third-order valence-corrected chi connectivity index (χ3v) is 5.13. The molecule has 1 N–H and O–H groups in total. The third-order valence-electron chi connectivity index (χ3n) is 5.13. The van der Waals surface area contributed by atoms with Crippen LogP contribution in [-0.4, -0.2) is 26.4 Å². The summed E-state index contributed by atoms with van der Waals surface area (Å²) in [5, 5.41) is 15.2. The van der Waals surface area contributed by atoms with Crippen LogP contribution in [0.5, 0.6) is 5.75 Å². The molecule has 29 heavy (non-hydrogen) atoms. The van der Waals surface area contributed by atoms with Crippen molar-refractivity contribution >= 4 is 5.52 Å². The van der Waals surface area contributed by atoms with E-state index in [4.69, 9.17) is 4.74 Å². The summed E-state index contributed by atoms with van der Waals surface area (Å²) in [4.78, 5) is 13.0. The van der Waals surface area contributed by atoms with Crippen LogP contribution in [0.3, 0.4) is 0 Å². The van der Waals surface area contributed by atoms with Crippen LogP contribution in [0.2, 0.25) is 0 Å². The fourth-order valence-corrected chi connectivity index (χ4v) is 3.45. The normalized spacial score (nSPS) is 12.2. The van der Waals surface area contributed by atoms with E-state index in [1.807, 2.05) is 24.3 Å². The fourth-order valence-electron chi connectivity index (χ4n) is 3.45. The summed E-state index contributed by atoms with van der Waals surface area (Å²) in [6, 6.07) is 17.2. The Labute approximate surface area is 168 Å². The Balaban J connectivity index is 1.66. The van der Waals surface area contributed by atoms with Crippen molar-refractivity contribution in [1.82, 2.24) is 14.2 Å². The summed E-state index contributed by atoms with van der Waals surface area (Å²) in [5.41, 5.74) is 3.87. The lowest BCUT2D eigenvalue weighted by Crippen LogP contribution is -2.24. The molecule has 0 radical (unpaired) electrons. The molecule has 1 atom stereocenters. The molecule has 0 aliphatic heterocycles. The number of aromatic nitrogens is 3. The average molecular weight is 389 g/mol. The molecule has 6 heteroatoms. The molecule has 4 rings (SSSR count). The van der Waals surface area contributed by atoms with Crippen molar-refractivity contribution in [2.75, 3.05) is 7.11 Å². The van der Waals surface area contributed by atoms with Crippen molar-refractivity contribution in [1.29, 1.82) is 0 Å². The van der Waals surface area contributed by atoms with Gasteiger partial charge in [0.25, 0.3) is 5.56 Å². The molecule has 0 aliphatic carbocycles. The summed E-state index contributed by atoms with van der Waals surface area (Å²) in [6.07, 6.45) is 3.49. The minimum atomic E-state index is -0.865. The lowest BCUT2D eigenvalue weighted by molar-refractivity contribution is 0.151. The molecule has 2 heterocycles. The SMILES string of the molecule is CCc1ccc(-c2cc3c(=O)n(C[C@@H](O)c4ccccc4OC)ccn3n2)cc1. The number of para-hydroxylation sites is 1. The van der Waals surface area contributed by atoms with Gasteiger partial charge in [-0.05, 0) is 24.1 Å². The van der Waals surface area contributed by atoms with Gasteiger partial charge in [-0.2, -0.15) is 5.10 Å². The Morgan fingerprint density at radius 2 is 1.86 bits per heavy atom. The minimum absolute atomic E-state index is 0.126. The number of rotatable bonds is 6. The van der Waals surface area contributed by atoms with Gasteiger partial charge in [0.2, 0.25) is 0 Å². The molecule has 0 saturated heterocycles. The fraction of sp³-hybridized carbons (Fsp3) is 0.217. The number of fused-ring (bicyclic) bond motifs is 1. The number of benzene rings is 2. The zero-order chi connectivity index (χ0) is 20.4. The molecule has 6 nitrogen and oxygen atoms in total. The second kappa shape index (κ2) is 7.93. The van der Waals surface area contributed by atoms with Crippen LogP contribution < -0.4 is 10.3 Å². The van der Waals surface area contributed by atoms with Gasteiger partial charge in [0.15, 0.2) is 0 Å². The Bertz CT molecular complexity index is 1190. The molecule has 0 bridgehead atoms. The number of hydrogen-bond acceptors (Lipinski definition) is 4. The third kappa shape index (κ3) is 3.67. The minimum Gasteiger partial charge on any atom is -0.496 e. The van der Waals surface area contributed by atoms with E-state index in [9.17, 15) is 9.90 Å². The van der Waals surface area contributed by atoms with E-state index >= 15 is 0 Å². The van der Waals surface area contributed by atoms with Crippen molar-refractivity contribution in [3.63, 3.8) is 0 Å². The quantitative estimate of drug-likeness (QED) is 0.548. The van der Waals surface area contributed by atoms with E-state index in [0.717, 1.165) is 17.7 Å². The monoisotopic (exact) mass is 389 g/mol. The van der Waals surface area contributed by atoms with Crippen LogP contribution in [0.25, 0.3) is 16.8 Å². The molecule has 4 aromatic rings. The summed E-state index contributed by atoms with van der Waals surface area (Å²) in [7, 11) is 1.56. The maximum Gasteiger partial charge on any atom is 0.276 e. The van der Waals surface area contributed by atoms with E-state index in [1.165, 1.54) is 10.1 Å². The first-order chi connectivity index (χ1) is 14.1. The number of aryl methyl sites for hydroxylation is 1. The molecule has 0 spiro atoms. The average Bonchev–Trinajstić information content (AvgIpc) is 3.21. The smallest absolute Gasteiger partial charge is 0.276 e. The maximum atomic E-state index is 13.0. The van der Waals surface area contributed by atoms with Crippen LogP contribution >= 0.6 is 0 Å². The second-order valence-corrected chi connectivity index (χ2v) is 6.92. The van der Waals surface area contributed by atoms with E-state index in [-0.39, 0.29) is 12.1 Å². The summed E-state index contributed by atoms with van der Waals surface area (Å²) >= 11 is 0. The lowest BCUT2D eigenvalue weighted by Gasteiger charge is -2.16. The highest BCUT2D eigenvalue weighted by Crippen LogP contribution is 2.25. The van der Waals surface area contributed by atoms with Crippen LogP contribution in [0.1, 0.15) is 24.2 Å². The van der Waals surface area contributed by atoms with Gasteiger partial charge in [-0.15, -0.1) is 0 Å². The van der Waals surface area contributed by atoms with Gasteiger partial charge < -0.3 is 14.4 Å². The molecule has 0 fully saturated rings. The van der Waals surface area contributed by atoms with E-state index < -0.39 is 6.10 Å². The van der Waals surface area contributed by atoms with Crippen LogP contribution in [-0.2, 0) is 13.0 Å². The Morgan fingerprint density at radius 1 is 1.10 bits per heavy atom. The van der Waals surface area contributed by atoms with Crippen molar-refractivity contribution in [3.8, 4) is 17.0 Å². The molecule has 0 aliphatic rings. The molecule has 2 aromatic heterocycles. The Hall–Kier alpha value is -3.38. The maximum absolute atomic E-state index is 13.0. The van der Waals surface area contributed by atoms with Crippen LogP contribution in [0, 0.1) is 0 Å². The van der Waals surface area contributed by atoms with E-state index in [0.29, 0.717) is 16.8 Å². The van der Waals surface area contributed by atoms with Gasteiger partial charge in [-0.3, -0.25) is 4.79 Å². The van der Waals surface area contributed by atoms with Crippen molar-refractivity contribution < 1.29 is 9.84 Å². The molecule has 2 aromatic carbocycles. The molecular formula is C23H23N3O3. The molecule has 0 saturated carbocycles. The number of nitrogens with zero attached hydrogens (tertiary/aromatic N) is 3. The van der Waals surface area contributed by atoms with Crippen LogP contribution in [0.4, 0.5) is 0 Å². The Morgan fingerprint density at radius 3 is 2.59 bits per heavy atom. The summed E-state index contributed by atoms with van der Waals surface area (Å²) < 4.78 is 8.39. The molecular weight excluding hydrogens is 366 g/mol. The van der Waals surface area contributed by atoms with E-state index in [2.05, 4.69) is 24.2 Å². The second-order valence-electron chi connectivity index (χ2n) is 6.92. The zero-order valence-electron chi connectivity index (χ0n) is 16.4. The van der Waals surface area contributed by atoms with Crippen molar-refractivity contribution in [2.24, 2.45) is 0 Å². The lowest BCUT2D eigenvalue weighted by atomic mass is 10.1. The molecule has 0 unspecified atom stereocenters. The predicted octanol–water partition coefficient (Wildman–Crippen LogP) is 3.47.